The van der Waals surface area contributed by atoms with Crippen LogP contribution in [0.2, 0.25) is 0 Å². The Morgan fingerprint density at radius 3 is 2.73 bits per heavy atom. The molecular weight excluding hydrogens is 158 g/mol. The van der Waals surface area contributed by atoms with Gasteiger partial charge in [0.25, 0.3) is 0 Å². The van der Waals surface area contributed by atoms with E-state index in [0.29, 0.717) is 6.42 Å². The summed E-state index contributed by atoms with van der Waals surface area (Å²) in [5, 5.41) is 0. The van der Waals surface area contributed by atoms with Gasteiger partial charge in [0, 0.05) is 12.0 Å². The Kier molecular flexibility index (Phi) is 2.39. The van der Waals surface area contributed by atoms with E-state index in [4.69, 9.17) is 0 Å². The van der Waals surface area contributed by atoms with Crippen molar-refractivity contribution < 1.29 is 4.79 Å². The van der Waals surface area contributed by atoms with Gasteiger partial charge in [-0.05, 0) is 12.3 Å². The van der Waals surface area contributed by atoms with Crippen LogP contribution in [0.1, 0.15) is 6.42 Å². The van der Waals surface area contributed by atoms with Gasteiger partial charge in [-0.1, -0.05) is 6.58 Å². The number of likely N-dealkylation sites (N-methyl/N-ethyl adjacent to an activating group) is 1. The maximum Gasteiger partial charge on any atom is 0.231 e. The summed E-state index contributed by atoms with van der Waals surface area (Å²) in [6, 6.07) is 0. The summed E-state index contributed by atoms with van der Waals surface area (Å²) in [5.41, 5.74) is 0.961. The van der Waals surface area contributed by atoms with Crippen LogP contribution in [-0.2, 0) is 4.79 Å². The molecule has 0 radical (unpaired) electrons. The first-order valence-electron chi connectivity index (χ1n) is 3.36. The third-order valence-electron chi connectivity index (χ3n) is 1.77. The Bertz CT molecular complexity index is 232. The topological polar surface area (TPSA) is 20.3 Å². The van der Waals surface area contributed by atoms with Gasteiger partial charge in [-0.15, -0.1) is 11.8 Å². The van der Waals surface area contributed by atoms with Gasteiger partial charge in [0.2, 0.25) is 5.91 Å². The van der Waals surface area contributed by atoms with Gasteiger partial charge in [0.15, 0.2) is 0 Å². The smallest absolute Gasteiger partial charge is 0.231 e. The lowest BCUT2D eigenvalue weighted by Crippen LogP contribution is -2.18. The summed E-state index contributed by atoms with van der Waals surface area (Å²) in [5.74, 6) is 0.157. The fourth-order valence-corrected chi connectivity index (χ4v) is 1.79. The molecule has 0 saturated heterocycles. The number of carbonyl (C=O) groups excluding carboxylic acids is 1. The number of hydrogen-bond donors (Lipinski definition) is 0. The molecule has 0 fully saturated rings. The van der Waals surface area contributed by atoms with Gasteiger partial charge < -0.3 is 4.90 Å². The molecule has 11 heavy (non-hydrogen) atoms. The minimum absolute atomic E-state index is 0.157. The Morgan fingerprint density at radius 1 is 1.73 bits per heavy atom. The lowest BCUT2D eigenvalue weighted by Gasteiger charge is -2.09. The van der Waals surface area contributed by atoms with E-state index in [9.17, 15) is 4.79 Å². The van der Waals surface area contributed by atoms with Crippen molar-refractivity contribution in [2.75, 3.05) is 13.3 Å². The summed E-state index contributed by atoms with van der Waals surface area (Å²) in [4.78, 5) is 13.9. The van der Waals surface area contributed by atoms with Crippen molar-refractivity contribution in [3.05, 3.63) is 23.3 Å². The molecule has 2 nitrogen and oxygen atoms in total. The maximum absolute atomic E-state index is 11.1. The Balaban J connectivity index is 2.94. The van der Waals surface area contributed by atoms with Crippen molar-refractivity contribution in [1.29, 1.82) is 0 Å². The Hall–Kier alpha value is -0.700. The molecule has 0 unspecified atom stereocenters. The monoisotopic (exact) mass is 169 g/mol. The quantitative estimate of drug-likeness (QED) is 0.626. The molecule has 1 aliphatic heterocycles. The van der Waals surface area contributed by atoms with Gasteiger partial charge in [-0.2, -0.15) is 0 Å². The van der Waals surface area contributed by atoms with Crippen molar-refractivity contribution in [2.24, 2.45) is 0 Å². The van der Waals surface area contributed by atoms with Crippen molar-refractivity contribution in [2.45, 2.75) is 6.42 Å². The summed E-state index contributed by atoms with van der Waals surface area (Å²) in [6.07, 6.45) is 4.25. The van der Waals surface area contributed by atoms with Crippen LogP contribution in [0.5, 0.6) is 0 Å². The normalized spacial score (nSPS) is 18.0. The average Bonchev–Trinajstić information content (AvgIpc) is 2.28. The fourth-order valence-electron chi connectivity index (χ4n) is 1.10. The highest BCUT2D eigenvalue weighted by Gasteiger charge is 2.23. The summed E-state index contributed by atoms with van der Waals surface area (Å²) >= 11 is 1.62. The molecule has 1 amide bonds. The molecule has 1 rings (SSSR count). The molecule has 0 N–H and O–H groups in total. The molecule has 0 spiro atoms. The zero-order chi connectivity index (χ0) is 8.43. The molecule has 0 aliphatic carbocycles. The van der Waals surface area contributed by atoms with Crippen LogP contribution in [0.3, 0.4) is 0 Å². The van der Waals surface area contributed by atoms with Crippen LogP contribution in [0.15, 0.2) is 23.3 Å². The van der Waals surface area contributed by atoms with E-state index in [1.165, 1.54) is 0 Å². The Labute approximate surface area is 71.0 Å². The van der Waals surface area contributed by atoms with Crippen molar-refractivity contribution in [3.63, 3.8) is 0 Å². The number of hydrogen-bond acceptors (Lipinski definition) is 2. The third-order valence-corrected chi connectivity index (χ3v) is 2.62. The number of carbonyl (C=O) groups is 1. The number of rotatable bonds is 2. The largest absolute Gasteiger partial charge is 0.314 e. The SMILES string of the molecule is C=CC1=C(SC)CC(=O)N1C. The number of nitrogens with zero attached hydrogens (tertiary/aromatic N) is 1. The molecule has 60 valence electrons. The van der Waals surface area contributed by atoms with Crippen molar-refractivity contribution in [1.82, 2.24) is 4.90 Å². The predicted molar refractivity (Wildman–Crippen MR) is 48.1 cm³/mol. The molecule has 3 heteroatoms. The zero-order valence-corrected chi connectivity index (χ0v) is 7.57. The number of thioether (sulfide) groups is 1. The first-order chi connectivity index (χ1) is 5.20. The Morgan fingerprint density at radius 2 is 2.36 bits per heavy atom. The average molecular weight is 169 g/mol. The standard InChI is InChI=1S/C8H11NOS/c1-4-6-7(11-3)5-8(10)9(6)2/h4H,1,5H2,2-3H3. The number of allylic oxidation sites excluding steroid dienone is 1. The minimum Gasteiger partial charge on any atom is -0.314 e. The molecule has 0 aromatic carbocycles. The zero-order valence-electron chi connectivity index (χ0n) is 6.76. The molecule has 0 bridgehead atoms. The van der Waals surface area contributed by atoms with E-state index in [-0.39, 0.29) is 5.91 Å². The van der Waals surface area contributed by atoms with E-state index in [0.717, 1.165) is 10.6 Å². The van der Waals surface area contributed by atoms with Gasteiger partial charge in [0.05, 0.1) is 12.1 Å². The minimum atomic E-state index is 0.157. The molecule has 0 atom stereocenters. The second kappa shape index (κ2) is 3.13. The molecule has 0 saturated carbocycles. The highest BCUT2D eigenvalue weighted by atomic mass is 32.2. The fraction of sp³-hybridized carbons (Fsp3) is 0.375. The molecular formula is C8H11NOS. The second-order valence-electron chi connectivity index (χ2n) is 2.35. The first kappa shape index (κ1) is 8.40. The molecule has 0 aromatic heterocycles. The van der Waals surface area contributed by atoms with Gasteiger partial charge in [-0.25, -0.2) is 0 Å². The molecule has 0 aromatic rings. The third kappa shape index (κ3) is 1.33. The van der Waals surface area contributed by atoms with E-state index in [2.05, 4.69) is 6.58 Å². The summed E-state index contributed by atoms with van der Waals surface area (Å²) in [7, 11) is 1.78. The van der Waals surface area contributed by atoms with E-state index >= 15 is 0 Å². The van der Waals surface area contributed by atoms with Crippen LogP contribution in [0, 0.1) is 0 Å². The van der Waals surface area contributed by atoms with Crippen LogP contribution < -0.4 is 0 Å². The van der Waals surface area contributed by atoms with Crippen LogP contribution >= 0.6 is 11.8 Å². The maximum atomic E-state index is 11.1. The van der Waals surface area contributed by atoms with E-state index in [1.54, 1.807) is 29.8 Å². The van der Waals surface area contributed by atoms with Gasteiger partial charge >= 0.3 is 0 Å². The first-order valence-corrected chi connectivity index (χ1v) is 4.59. The summed E-state index contributed by atoms with van der Waals surface area (Å²) < 4.78 is 0. The van der Waals surface area contributed by atoms with Crippen LogP contribution in [0.4, 0.5) is 0 Å². The summed E-state index contributed by atoms with van der Waals surface area (Å²) in [6.45, 7) is 3.66. The van der Waals surface area contributed by atoms with E-state index in [1.807, 2.05) is 6.26 Å². The predicted octanol–water partition coefficient (Wildman–Crippen LogP) is 1.61. The lowest BCUT2D eigenvalue weighted by molar-refractivity contribution is -0.125. The van der Waals surface area contributed by atoms with Crippen molar-refractivity contribution >= 4 is 17.7 Å². The van der Waals surface area contributed by atoms with E-state index < -0.39 is 0 Å². The highest BCUT2D eigenvalue weighted by Crippen LogP contribution is 2.30. The lowest BCUT2D eigenvalue weighted by atomic mass is 10.4. The molecule has 1 aliphatic rings. The highest BCUT2D eigenvalue weighted by molar-refractivity contribution is 8.02. The van der Waals surface area contributed by atoms with Crippen LogP contribution in [0.25, 0.3) is 0 Å². The second-order valence-corrected chi connectivity index (χ2v) is 3.25. The molecule has 1 heterocycles. The number of amides is 1. The van der Waals surface area contributed by atoms with Gasteiger partial charge in [0.1, 0.15) is 0 Å². The van der Waals surface area contributed by atoms with Crippen molar-refractivity contribution in [3.8, 4) is 0 Å². The van der Waals surface area contributed by atoms with Crippen LogP contribution in [-0.4, -0.2) is 24.1 Å². The van der Waals surface area contributed by atoms with Gasteiger partial charge in [-0.3, -0.25) is 4.79 Å².